The molecule has 0 aliphatic carbocycles. The topological polar surface area (TPSA) is 41.5 Å². The van der Waals surface area contributed by atoms with Gasteiger partial charge in [0.05, 0.1) is 15.6 Å². The molecule has 7 heteroatoms. The molecule has 106 valence electrons. The van der Waals surface area contributed by atoms with E-state index in [9.17, 15) is 4.79 Å². The number of hydrogen-bond acceptors (Lipinski definition) is 4. The van der Waals surface area contributed by atoms with Crippen LogP contribution in [0.2, 0.25) is 9.36 Å². The second-order valence-corrected chi connectivity index (χ2v) is 7.26. The first-order valence-electron chi connectivity index (χ1n) is 5.91. The summed E-state index contributed by atoms with van der Waals surface area (Å²) in [5.74, 6) is -0.319. The largest absolute Gasteiger partial charge is 0.283 e. The summed E-state index contributed by atoms with van der Waals surface area (Å²) >= 11 is 14.8. The molecule has 3 rings (SSSR count). The van der Waals surface area contributed by atoms with Gasteiger partial charge in [-0.05, 0) is 18.2 Å². The van der Waals surface area contributed by atoms with Gasteiger partial charge in [0.15, 0.2) is 0 Å². The van der Waals surface area contributed by atoms with Crippen molar-refractivity contribution < 1.29 is 4.79 Å². The summed E-state index contributed by atoms with van der Waals surface area (Å²) in [4.78, 5) is 13.4. The van der Waals surface area contributed by atoms with Gasteiger partial charge in [-0.1, -0.05) is 41.4 Å². The second kappa shape index (κ2) is 6.15. The number of rotatable bonds is 3. The fourth-order valence-corrected chi connectivity index (χ4v) is 4.10. The van der Waals surface area contributed by atoms with Gasteiger partial charge in [0.1, 0.15) is 4.88 Å². The summed E-state index contributed by atoms with van der Waals surface area (Å²) in [6, 6.07) is 11.2. The molecule has 21 heavy (non-hydrogen) atoms. The highest BCUT2D eigenvalue weighted by atomic mass is 35.5. The molecular weight excluding hydrogens is 347 g/mol. The number of fused-ring (bicyclic) bond motifs is 1. The zero-order chi connectivity index (χ0) is 14.8. The molecule has 0 saturated heterocycles. The minimum Gasteiger partial charge on any atom is -0.266 e. The van der Waals surface area contributed by atoms with E-state index in [1.165, 1.54) is 22.7 Å². The molecule has 2 aromatic heterocycles. The van der Waals surface area contributed by atoms with Crippen molar-refractivity contribution in [3.63, 3.8) is 0 Å². The van der Waals surface area contributed by atoms with Crippen molar-refractivity contribution in [2.75, 3.05) is 0 Å². The van der Waals surface area contributed by atoms with Crippen LogP contribution in [-0.2, 0) is 0 Å². The van der Waals surface area contributed by atoms with Gasteiger partial charge in [0.25, 0.3) is 5.91 Å². The second-order valence-electron chi connectivity index (χ2n) is 4.08. The third-order valence-corrected chi connectivity index (χ3v) is 5.53. The van der Waals surface area contributed by atoms with Gasteiger partial charge in [-0.25, -0.2) is 5.43 Å². The molecule has 1 N–H and O–H groups in total. The number of nitrogens with one attached hydrogen (secondary N) is 1. The number of carbonyl (C=O) groups excluding carboxylic acids is 1. The summed E-state index contributed by atoms with van der Waals surface area (Å²) in [5, 5.41) is 5.26. The molecule has 1 amide bonds. The van der Waals surface area contributed by atoms with Gasteiger partial charge in [0, 0.05) is 15.0 Å². The molecule has 0 aliphatic rings. The molecule has 0 saturated carbocycles. The predicted molar refractivity (Wildman–Crippen MR) is 91.2 cm³/mol. The lowest BCUT2D eigenvalue weighted by atomic mass is 10.2. The fourth-order valence-electron chi connectivity index (χ4n) is 1.76. The van der Waals surface area contributed by atoms with E-state index in [4.69, 9.17) is 23.2 Å². The SMILES string of the molecule is O=C(N/N=C/c1ccc(Cl)s1)c1sc2ccccc2c1Cl. The van der Waals surface area contributed by atoms with Crippen LogP contribution in [0.5, 0.6) is 0 Å². The average molecular weight is 355 g/mol. The first-order valence-corrected chi connectivity index (χ1v) is 8.30. The fraction of sp³-hybridized carbons (Fsp3) is 0. The molecule has 0 fully saturated rings. The Morgan fingerprint density at radius 1 is 1.14 bits per heavy atom. The Kier molecular flexibility index (Phi) is 4.26. The average Bonchev–Trinajstić information content (AvgIpc) is 3.03. The first-order chi connectivity index (χ1) is 10.1. The molecular formula is C14H8Cl2N2OS2. The van der Waals surface area contributed by atoms with E-state index in [1.807, 2.05) is 30.3 Å². The Balaban J connectivity index is 1.78. The minimum atomic E-state index is -0.319. The van der Waals surface area contributed by atoms with E-state index in [1.54, 1.807) is 12.3 Å². The Bertz CT molecular complexity index is 838. The molecule has 0 atom stereocenters. The maximum atomic E-state index is 12.1. The monoisotopic (exact) mass is 354 g/mol. The van der Waals surface area contributed by atoms with Crippen molar-refractivity contribution in [1.82, 2.24) is 5.43 Å². The van der Waals surface area contributed by atoms with Crippen molar-refractivity contribution in [2.24, 2.45) is 5.10 Å². The molecule has 0 bridgehead atoms. The van der Waals surface area contributed by atoms with Gasteiger partial charge in [-0.2, -0.15) is 5.10 Å². The normalized spacial score (nSPS) is 11.3. The zero-order valence-electron chi connectivity index (χ0n) is 10.5. The van der Waals surface area contributed by atoms with Crippen LogP contribution in [0.15, 0.2) is 41.5 Å². The lowest BCUT2D eigenvalue weighted by Gasteiger charge is -1.96. The van der Waals surface area contributed by atoms with Crippen molar-refractivity contribution in [1.29, 1.82) is 0 Å². The van der Waals surface area contributed by atoms with Gasteiger partial charge in [0.2, 0.25) is 0 Å². The van der Waals surface area contributed by atoms with Gasteiger partial charge in [-0.15, -0.1) is 22.7 Å². The highest BCUT2D eigenvalue weighted by Gasteiger charge is 2.16. The van der Waals surface area contributed by atoms with Crippen molar-refractivity contribution in [3.8, 4) is 0 Å². The Hall–Kier alpha value is -1.40. The summed E-state index contributed by atoms with van der Waals surface area (Å²) < 4.78 is 1.65. The van der Waals surface area contributed by atoms with Crippen LogP contribution < -0.4 is 5.43 Å². The number of hydrazone groups is 1. The summed E-state index contributed by atoms with van der Waals surface area (Å²) in [7, 11) is 0. The molecule has 0 spiro atoms. The summed E-state index contributed by atoms with van der Waals surface area (Å²) in [6.45, 7) is 0. The number of halogens is 2. The van der Waals surface area contributed by atoms with Crippen LogP contribution in [0.4, 0.5) is 0 Å². The third-order valence-electron chi connectivity index (χ3n) is 2.69. The zero-order valence-corrected chi connectivity index (χ0v) is 13.6. The van der Waals surface area contributed by atoms with Crippen LogP contribution in [0.25, 0.3) is 10.1 Å². The smallest absolute Gasteiger partial charge is 0.266 e. The van der Waals surface area contributed by atoms with Crippen LogP contribution in [0.3, 0.4) is 0 Å². The van der Waals surface area contributed by atoms with Crippen molar-refractivity contribution >= 4 is 68.1 Å². The lowest BCUT2D eigenvalue weighted by Crippen LogP contribution is -2.16. The number of hydrogen-bond donors (Lipinski definition) is 1. The van der Waals surface area contributed by atoms with E-state index >= 15 is 0 Å². The number of carbonyl (C=O) groups is 1. The predicted octanol–water partition coefficient (Wildman–Crippen LogP) is 5.03. The molecule has 1 aromatic carbocycles. The lowest BCUT2D eigenvalue weighted by molar-refractivity contribution is 0.0959. The van der Waals surface area contributed by atoms with Gasteiger partial charge >= 0.3 is 0 Å². The van der Waals surface area contributed by atoms with E-state index < -0.39 is 0 Å². The Morgan fingerprint density at radius 2 is 1.95 bits per heavy atom. The number of amides is 1. The molecule has 3 nitrogen and oxygen atoms in total. The van der Waals surface area contributed by atoms with Crippen LogP contribution in [0.1, 0.15) is 14.5 Å². The van der Waals surface area contributed by atoms with Crippen LogP contribution in [0, 0.1) is 0 Å². The van der Waals surface area contributed by atoms with Crippen molar-refractivity contribution in [2.45, 2.75) is 0 Å². The van der Waals surface area contributed by atoms with E-state index in [0.717, 1.165) is 15.0 Å². The first kappa shape index (κ1) is 14.5. The van der Waals surface area contributed by atoms with Crippen LogP contribution in [-0.4, -0.2) is 12.1 Å². The maximum absolute atomic E-state index is 12.1. The van der Waals surface area contributed by atoms with Gasteiger partial charge in [-0.3, -0.25) is 4.79 Å². The molecule has 2 heterocycles. The van der Waals surface area contributed by atoms with E-state index in [0.29, 0.717) is 14.2 Å². The Morgan fingerprint density at radius 3 is 2.67 bits per heavy atom. The van der Waals surface area contributed by atoms with Crippen molar-refractivity contribution in [3.05, 3.63) is 55.5 Å². The molecule has 0 aliphatic heterocycles. The van der Waals surface area contributed by atoms with E-state index in [-0.39, 0.29) is 5.91 Å². The third kappa shape index (κ3) is 3.11. The molecule has 3 aromatic rings. The van der Waals surface area contributed by atoms with E-state index in [2.05, 4.69) is 10.5 Å². The van der Waals surface area contributed by atoms with Crippen LogP contribution >= 0.6 is 45.9 Å². The number of nitrogens with zero attached hydrogens (tertiary/aromatic N) is 1. The summed E-state index contributed by atoms with van der Waals surface area (Å²) in [6.07, 6.45) is 1.55. The molecule has 0 radical (unpaired) electrons. The van der Waals surface area contributed by atoms with Gasteiger partial charge < -0.3 is 0 Å². The highest BCUT2D eigenvalue weighted by Crippen LogP contribution is 2.34. The Labute approximate surface area is 138 Å². The standard InChI is InChI=1S/C14H8Cl2N2OS2/c15-11-6-5-8(20-11)7-17-18-14(19)13-12(16)9-3-1-2-4-10(9)21-13/h1-7H,(H,18,19)/b17-7+. The number of thiophene rings is 2. The minimum absolute atomic E-state index is 0.319. The quantitative estimate of drug-likeness (QED) is 0.519. The molecule has 0 unspecified atom stereocenters. The maximum Gasteiger partial charge on any atom is 0.283 e. The highest BCUT2D eigenvalue weighted by molar-refractivity contribution is 7.21. The summed E-state index contributed by atoms with van der Waals surface area (Å²) in [5.41, 5.74) is 2.48. The number of benzene rings is 1.